The Bertz CT molecular complexity index is 728. The van der Waals surface area contributed by atoms with Crippen molar-refractivity contribution in [2.75, 3.05) is 37.0 Å². The maximum atomic E-state index is 12.1. The van der Waals surface area contributed by atoms with Gasteiger partial charge in [-0.3, -0.25) is 4.79 Å². The van der Waals surface area contributed by atoms with Crippen molar-refractivity contribution in [3.8, 4) is 0 Å². The molecule has 0 saturated carbocycles. The Morgan fingerprint density at radius 2 is 1.85 bits per heavy atom. The van der Waals surface area contributed by atoms with Crippen molar-refractivity contribution in [3.05, 3.63) is 41.7 Å². The summed E-state index contributed by atoms with van der Waals surface area (Å²) in [6.07, 6.45) is 3.50. The number of aryl methyl sites for hydroxylation is 1. The molecule has 1 aromatic heterocycles. The molecule has 1 fully saturated rings. The quantitative estimate of drug-likeness (QED) is 0.817. The average Bonchev–Trinajstić information content (AvgIpc) is 3.20. The summed E-state index contributed by atoms with van der Waals surface area (Å²) >= 11 is 0. The van der Waals surface area contributed by atoms with Gasteiger partial charge in [0.25, 0.3) is 0 Å². The van der Waals surface area contributed by atoms with Gasteiger partial charge in [-0.15, -0.1) is 0 Å². The molecule has 1 saturated heterocycles. The maximum absolute atomic E-state index is 12.1. The Hall–Kier alpha value is -2.70. The lowest BCUT2D eigenvalue weighted by molar-refractivity contribution is -0.121. The number of hydrogen-bond donors (Lipinski definition) is 1. The fraction of sp³-hybridized carbons (Fsp3) is 0.474. The molecule has 26 heavy (non-hydrogen) atoms. The van der Waals surface area contributed by atoms with Crippen molar-refractivity contribution in [1.82, 2.24) is 20.3 Å². The zero-order chi connectivity index (χ0) is 18.4. The van der Waals surface area contributed by atoms with E-state index in [1.165, 1.54) is 0 Å². The van der Waals surface area contributed by atoms with Crippen LogP contribution in [0.1, 0.15) is 30.7 Å². The lowest BCUT2D eigenvalue weighted by atomic mass is 10.1. The van der Waals surface area contributed by atoms with Crippen LogP contribution in [0.3, 0.4) is 0 Å². The Morgan fingerprint density at radius 3 is 2.54 bits per heavy atom. The predicted molar refractivity (Wildman–Crippen MR) is 102 cm³/mol. The second-order valence-corrected chi connectivity index (χ2v) is 6.70. The van der Waals surface area contributed by atoms with Gasteiger partial charge in [0.2, 0.25) is 17.8 Å². The summed E-state index contributed by atoms with van der Waals surface area (Å²) in [5.74, 6) is 1.92. The monoisotopic (exact) mass is 354 g/mol. The van der Waals surface area contributed by atoms with Gasteiger partial charge in [0.1, 0.15) is 0 Å². The van der Waals surface area contributed by atoms with Crippen LogP contribution in [0.15, 0.2) is 30.3 Å². The normalized spacial score (nSPS) is 13.7. The fourth-order valence-electron chi connectivity index (χ4n) is 2.90. The molecule has 0 radical (unpaired) electrons. The molecule has 0 spiro atoms. The third-order valence-corrected chi connectivity index (χ3v) is 4.37. The van der Waals surface area contributed by atoms with E-state index in [4.69, 9.17) is 0 Å². The molecule has 0 unspecified atom stereocenters. The van der Waals surface area contributed by atoms with Crippen LogP contribution in [0.25, 0.3) is 0 Å². The van der Waals surface area contributed by atoms with Gasteiger partial charge in [0, 0.05) is 33.6 Å². The van der Waals surface area contributed by atoms with Crippen LogP contribution in [0.4, 0.5) is 11.9 Å². The highest BCUT2D eigenvalue weighted by Crippen LogP contribution is 2.18. The van der Waals surface area contributed by atoms with E-state index < -0.39 is 0 Å². The van der Waals surface area contributed by atoms with Crippen LogP contribution in [-0.4, -0.2) is 48.0 Å². The van der Waals surface area contributed by atoms with Crippen molar-refractivity contribution in [1.29, 1.82) is 0 Å². The molecule has 7 heteroatoms. The smallest absolute Gasteiger partial charge is 0.230 e. The summed E-state index contributed by atoms with van der Waals surface area (Å²) in [7, 11) is 3.82. The molecule has 1 N–H and O–H groups in total. The largest absolute Gasteiger partial charge is 0.349 e. The molecular weight excluding hydrogens is 328 g/mol. The minimum Gasteiger partial charge on any atom is -0.349 e. The van der Waals surface area contributed by atoms with Crippen molar-refractivity contribution in [2.24, 2.45) is 0 Å². The maximum Gasteiger partial charge on any atom is 0.230 e. The minimum atomic E-state index is 0.00314. The van der Waals surface area contributed by atoms with Crippen molar-refractivity contribution in [3.63, 3.8) is 0 Å². The number of aromatic nitrogens is 3. The first-order valence-corrected chi connectivity index (χ1v) is 9.09. The lowest BCUT2D eigenvalue weighted by Gasteiger charge is -2.18. The van der Waals surface area contributed by atoms with E-state index >= 15 is 0 Å². The van der Waals surface area contributed by atoms with E-state index in [-0.39, 0.29) is 5.91 Å². The third-order valence-electron chi connectivity index (χ3n) is 4.37. The minimum absolute atomic E-state index is 0.00314. The zero-order valence-electron chi connectivity index (χ0n) is 15.5. The third kappa shape index (κ3) is 4.91. The number of hydrogen-bond acceptors (Lipinski definition) is 6. The van der Waals surface area contributed by atoms with Crippen LogP contribution in [0.2, 0.25) is 0 Å². The Labute approximate surface area is 154 Å². The van der Waals surface area contributed by atoms with E-state index in [9.17, 15) is 4.79 Å². The predicted octanol–water partition coefficient (Wildman–Crippen LogP) is 1.79. The zero-order valence-corrected chi connectivity index (χ0v) is 15.5. The van der Waals surface area contributed by atoms with Crippen molar-refractivity contribution < 1.29 is 4.79 Å². The highest BCUT2D eigenvalue weighted by Gasteiger charge is 2.18. The fourth-order valence-corrected chi connectivity index (χ4v) is 2.90. The Morgan fingerprint density at radius 1 is 1.12 bits per heavy atom. The van der Waals surface area contributed by atoms with Gasteiger partial charge >= 0.3 is 0 Å². The van der Waals surface area contributed by atoms with E-state index in [1.807, 2.05) is 49.3 Å². The molecule has 3 rings (SSSR count). The van der Waals surface area contributed by atoms with Gasteiger partial charge < -0.3 is 15.1 Å². The first-order chi connectivity index (χ1) is 12.6. The van der Waals surface area contributed by atoms with Crippen LogP contribution in [0.5, 0.6) is 0 Å². The highest BCUT2D eigenvalue weighted by molar-refractivity contribution is 5.76. The number of amides is 1. The van der Waals surface area contributed by atoms with Gasteiger partial charge in [-0.05, 0) is 24.8 Å². The highest BCUT2D eigenvalue weighted by atomic mass is 16.1. The molecule has 2 aromatic rings. The van der Waals surface area contributed by atoms with E-state index in [0.29, 0.717) is 30.7 Å². The summed E-state index contributed by atoms with van der Waals surface area (Å²) in [5.41, 5.74) is 1.16. The molecular formula is C19H26N6O. The molecule has 1 amide bonds. The second kappa shape index (κ2) is 8.60. The van der Waals surface area contributed by atoms with Gasteiger partial charge in [-0.25, -0.2) is 0 Å². The molecule has 0 bridgehead atoms. The number of rotatable bonds is 7. The molecule has 1 aliphatic rings. The van der Waals surface area contributed by atoms with Crippen molar-refractivity contribution in [2.45, 2.75) is 32.2 Å². The summed E-state index contributed by atoms with van der Waals surface area (Å²) in [6.45, 7) is 2.26. The first kappa shape index (κ1) is 18.1. The van der Waals surface area contributed by atoms with Gasteiger partial charge in [-0.1, -0.05) is 30.3 Å². The van der Waals surface area contributed by atoms with E-state index in [1.54, 1.807) is 0 Å². The van der Waals surface area contributed by atoms with Gasteiger partial charge in [0.15, 0.2) is 5.82 Å². The molecule has 1 aromatic carbocycles. The number of carbonyl (C=O) groups excluding carboxylic acids is 1. The van der Waals surface area contributed by atoms with Gasteiger partial charge in [0.05, 0.1) is 6.54 Å². The number of anilines is 2. The summed E-state index contributed by atoms with van der Waals surface area (Å²) < 4.78 is 0. The first-order valence-electron chi connectivity index (χ1n) is 9.09. The topological polar surface area (TPSA) is 74.2 Å². The second-order valence-electron chi connectivity index (χ2n) is 6.70. The van der Waals surface area contributed by atoms with Crippen LogP contribution < -0.4 is 15.1 Å². The van der Waals surface area contributed by atoms with E-state index in [2.05, 4.69) is 25.2 Å². The molecule has 7 nitrogen and oxygen atoms in total. The van der Waals surface area contributed by atoms with Crippen LogP contribution in [-0.2, 0) is 17.8 Å². The molecule has 2 heterocycles. The molecule has 1 aliphatic heterocycles. The van der Waals surface area contributed by atoms with E-state index in [0.717, 1.165) is 37.9 Å². The molecule has 0 atom stereocenters. The number of nitrogens with zero attached hydrogens (tertiary/aromatic N) is 5. The van der Waals surface area contributed by atoms with Crippen LogP contribution >= 0.6 is 0 Å². The SMILES string of the molecule is CN(C)c1nc(CNC(=O)CCc2ccccc2)nc(N2CCCC2)n1. The standard InChI is InChI=1S/C19H26N6O/c1-24(2)18-21-16(22-19(23-18)25-12-6-7-13-25)14-20-17(26)11-10-15-8-4-3-5-9-15/h3-5,8-9H,6-7,10-14H2,1-2H3,(H,20,26). The average molecular weight is 354 g/mol. The van der Waals surface area contributed by atoms with Gasteiger partial charge in [-0.2, -0.15) is 15.0 Å². The Kier molecular flexibility index (Phi) is 5.99. The Balaban J connectivity index is 1.60. The summed E-state index contributed by atoms with van der Waals surface area (Å²) in [4.78, 5) is 29.7. The van der Waals surface area contributed by atoms with Crippen LogP contribution in [0, 0.1) is 0 Å². The summed E-state index contributed by atoms with van der Waals surface area (Å²) in [6, 6.07) is 10.0. The molecule has 138 valence electrons. The van der Waals surface area contributed by atoms with Crippen molar-refractivity contribution >= 4 is 17.8 Å². The molecule has 0 aliphatic carbocycles. The summed E-state index contributed by atoms with van der Waals surface area (Å²) in [5, 5.41) is 2.92. The number of benzene rings is 1. The number of nitrogens with one attached hydrogen (secondary N) is 1. The lowest BCUT2D eigenvalue weighted by Crippen LogP contribution is -2.27. The number of carbonyl (C=O) groups is 1.